The fourth-order valence-electron chi connectivity index (χ4n) is 3.15. The Morgan fingerprint density at radius 3 is 2.92 bits per heavy atom. The van der Waals surface area contributed by atoms with Crippen LogP contribution in [0.5, 0.6) is 0 Å². The maximum absolute atomic E-state index is 5.90. The molecule has 1 aromatic carbocycles. The van der Waals surface area contributed by atoms with Crippen LogP contribution in [0.25, 0.3) is 5.69 Å². The number of nitrogens with zero attached hydrogens (tertiary/aromatic N) is 4. The molecule has 0 bridgehead atoms. The molecule has 1 atom stereocenters. The van der Waals surface area contributed by atoms with E-state index in [4.69, 9.17) is 4.74 Å². The first-order valence-corrected chi connectivity index (χ1v) is 8.70. The highest BCUT2D eigenvalue weighted by atomic mass is 16.5. The van der Waals surface area contributed by atoms with E-state index in [1.807, 2.05) is 10.9 Å². The second-order valence-electron chi connectivity index (χ2n) is 6.90. The Hall–Kier alpha value is -1.69. The van der Waals surface area contributed by atoms with E-state index >= 15 is 0 Å². The van der Waals surface area contributed by atoms with Crippen LogP contribution in [0.4, 0.5) is 0 Å². The van der Waals surface area contributed by atoms with E-state index in [1.165, 1.54) is 11.1 Å². The van der Waals surface area contributed by atoms with E-state index in [1.54, 1.807) is 0 Å². The van der Waals surface area contributed by atoms with Crippen LogP contribution in [0.15, 0.2) is 36.7 Å². The molecule has 0 spiro atoms. The van der Waals surface area contributed by atoms with Gasteiger partial charge in [-0.2, -0.15) is 5.10 Å². The van der Waals surface area contributed by atoms with Crippen molar-refractivity contribution in [2.75, 3.05) is 40.3 Å². The van der Waals surface area contributed by atoms with Gasteiger partial charge in [0.25, 0.3) is 0 Å². The van der Waals surface area contributed by atoms with Crippen LogP contribution in [-0.4, -0.2) is 66.0 Å². The molecule has 1 aromatic heterocycles. The Kier molecular flexibility index (Phi) is 5.66. The van der Waals surface area contributed by atoms with Crippen LogP contribution in [-0.2, 0) is 11.3 Å². The minimum Gasteiger partial charge on any atom is -0.376 e. The fourth-order valence-corrected chi connectivity index (χ4v) is 3.15. The van der Waals surface area contributed by atoms with Gasteiger partial charge in [0.1, 0.15) is 0 Å². The van der Waals surface area contributed by atoms with Gasteiger partial charge in [-0.1, -0.05) is 18.2 Å². The van der Waals surface area contributed by atoms with Crippen molar-refractivity contribution in [3.8, 4) is 5.69 Å². The van der Waals surface area contributed by atoms with Gasteiger partial charge >= 0.3 is 0 Å². The topological polar surface area (TPSA) is 33.5 Å². The van der Waals surface area contributed by atoms with E-state index in [2.05, 4.69) is 66.4 Å². The van der Waals surface area contributed by atoms with Crippen LogP contribution < -0.4 is 0 Å². The number of benzene rings is 1. The maximum Gasteiger partial charge on any atom is 0.0714 e. The quantitative estimate of drug-likeness (QED) is 0.815. The lowest BCUT2D eigenvalue weighted by Gasteiger charge is -2.33. The number of ether oxygens (including phenoxy) is 1. The van der Waals surface area contributed by atoms with Crippen molar-refractivity contribution in [2.24, 2.45) is 0 Å². The molecule has 0 radical (unpaired) electrons. The molecule has 5 nitrogen and oxygen atoms in total. The summed E-state index contributed by atoms with van der Waals surface area (Å²) in [5, 5.41) is 4.54. The SMILES string of the molecule is Cc1ccccc1-n1cc(CN2CCO[C@H](CCN(C)C)C2)cn1. The Morgan fingerprint density at radius 2 is 2.12 bits per heavy atom. The number of rotatable bonds is 6. The fraction of sp³-hybridized carbons (Fsp3) is 0.526. The molecule has 0 unspecified atom stereocenters. The summed E-state index contributed by atoms with van der Waals surface area (Å²) in [6, 6.07) is 8.35. The van der Waals surface area contributed by atoms with Crippen molar-refractivity contribution in [3.63, 3.8) is 0 Å². The molecule has 1 aliphatic heterocycles. The maximum atomic E-state index is 5.90. The van der Waals surface area contributed by atoms with Gasteiger partial charge in [-0.25, -0.2) is 4.68 Å². The highest BCUT2D eigenvalue weighted by molar-refractivity contribution is 5.39. The van der Waals surface area contributed by atoms with Crippen molar-refractivity contribution >= 4 is 0 Å². The van der Waals surface area contributed by atoms with Crippen LogP contribution >= 0.6 is 0 Å². The van der Waals surface area contributed by atoms with Gasteiger partial charge in [0.2, 0.25) is 0 Å². The van der Waals surface area contributed by atoms with Crippen molar-refractivity contribution in [3.05, 3.63) is 47.8 Å². The summed E-state index contributed by atoms with van der Waals surface area (Å²) in [6.45, 7) is 6.95. The predicted molar refractivity (Wildman–Crippen MR) is 96.5 cm³/mol. The summed E-state index contributed by atoms with van der Waals surface area (Å²) in [5.74, 6) is 0. The van der Waals surface area contributed by atoms with E-state index < -0.39 is 0 Å². The van der Waals surface area contributed by atoms with Crippen molar-refractivity contribution in [1.82, 2.24) is 19.6 Å². The van der Waals surface area contributed by atoms with Gasteiger partial charge in [-0.3, -0.25) is 4.90 Å². The van der Waals surface area contributed by atoms with Gasteiger partial charge in [0, 0.05) is 37.9 Å². The highest BCUT2D eigenvalue weighted by Crippen LogP contribution is 2.16. The molecule has 0 N–H and O–H groups in total. The summed E-state index contributed by atoms with van der Waals surface area (Å²) < 4.78 is 7.88. The third-order valence-electron chi connectivity index (χ3n) is 4.53. The molecule has 2 aromatic rings. The zero-order chi connectivity index (χ0) is 16.9. The first-order valence-electron chi connectivity index (χ1n) is 8.70. The molecule has 0 aliphatic carbocycles. The number of morpholine rings is 1. The van der Waals surface area contributed by atoms with Gasteiger partial charge in [-0.15, -0.1) is 0 Å². The normalized spacial score (nSPS) is 19.1. The number of hydrogen-bond donors (Lipinski definition) is 0. The smallest absolute Gasteiger partial charge is 0.0714 e. The molecule has 1 aliphatic rings. The van der Waals surface area contributed by atoms with Gasteiger partial charge in [0.05, 0.1) is 24.6 Å². The van der Waals surface area contributed by atoms with Crippen LogP contribution in [0.3, 0.4) is 0 Å². The lowest BCUT2D eigenvalue weighted by molar-refractivity contribution is -0.0370. The Balaban J connectivity index is 1.59. The van der Waals surface area contributed by atoms with E-state index in [0.717, 1.165) is 44.9 Å². The van der Waals surface area contributed by atoms with Crippen LogP contribution in [0, 0.1) is 6.92 Å². The minimum atomic E-state index is 0.340. The molecule has 24 heavy (non-hydrogen) atoms. The summed E-state index contributed by atoms with van der Waals surface area (Å²) in [7, 11) is 4.22. The molecule has 5 heteroatoms. The molecule has 2 heterocycles. The largest absolute Gasteiger partial charge is 0.376 e. The molecular weight excluding hydrogens is 300 g/mol. The highest BCUT2D eigenvalue weighted by Gasteiger charge is 2.21. The number of aryl methyl sites for hydroxylation is 1. The number of hydrogen-bond acceptors (Lipinski definition) is 4. The van der Waals surface area contributed by atoms with Crippen molar-refractivity contribution < 1.29 is 4.74 Å². The average Bonchev–Trinajstić information content (AvgIpc) is 3.02. The first-order chi connectivity index (χ1) is 11.6. The molecule has 1 saturated heterocycles. The van der Waals surface area contributed by atoms with Crippen molar-refractivity contribution in [2.45, 2.75) is 26.0 Å². The molecular formula is C19H28N4O. The van der Waals surface area contributed by atoms with E-state index in [-0.39, 0.29) is 0 Å². The lowest BCUT2D eigenvalue weighted by Crippen LogP contribution is -2.42. The van der Waals surface area contributed by atoms with Gasteiger partial charge in [-0.05, 0) is 39.1 Å². The standard InChI is InChI=1S/C19H28N4O/c1-16-6-4-5-7-19(16)23-14-17(12-20-23)13-22-10-11-24-18(15-22)8-9-21(2)3/h4-7,12,14,18H,8-11,13,15H2,1-3H3/t18-/m1/s1. The summed E-state index contributed by atoms with van der Waals surface area (Å²) in [4.78, 5) is 4.69. The zero-order valence-corrected chi connectivity index (χ0v) is 15.0. The third kappa shape index (κ3) is 4.44. The molecule has 130 valence electrons. The summed E-state index contributed by atoms with van der Waals surface area (Å²) in [6.07, 6.45) is 5.56. The predicted octanol–water partition coefficient (Wildman–Crippen LogP) is 2.33. The Bertz CT molecular complexity index is 652. The zero-order valence-electron chi connectivity index (χ0n) is 15.0. The Labute approximate surface area is 144 Å². The molecule has 1 fully saturated rings. The second-order valence-corrected chi connectivity index (χ2v) is 6.90. The monoisotopic (exact) mass is 328 g/mol. The van der Waals surface area contributed by atoms with Crippen molar-refractivity contribution in [1.29, 1.82) is 0 Å². The lowest BCUT2D eigenvalue weighted by atomic mass is 10.2. The minimum absolute atomic E-state index is 0.340. The van der Waals surface area contributed by atoms with Gasteiger partial charge in [0.15, 0.2) is 0 Å². The number of para-hydroxylation sites is 1. The average molecular weight is 328 g/mol. The van der Waals surface area contributed by atoms with Crippen LogP contribution in [0.2, 0.25) is 0 Å². The number of aromatic nitrogens is 2. The summed E-state index contributed by atoms with van der Waals surface area (Å²) in [5.41, 5.74) is 3.64. The summed E-state index contributed by atoms with van der Waals surface area (Å²) >= 11 is 0. The van der Waals surface area contributed by atoms with Gasteiger partial charge < -0.3 is 9.64 Å². The van der Waals surface area contributed by atoms with Crippen LogP contribution in [0.1, 0.15) is 17.5 Å². The second kappa shape index (κ2) is 7.92. The van der Waals surface area contributed by atoms with E-state index in [0.29, 0.717) is 6.10 Å². The molecule has 3 rings (SSSR count). The third-order valence-corrected chi connectivity index (χ3v) is 4.53. The molecule has 0 saturated carbocycles. The molecule has 0 amide bonds. The first kappa shape index (κ1) is 17.1. The Morgan fingerprint density at radius 1 is 1.29 bits per heavy atom. The van der Waals surface area contributed by atoms with E-state index in [9.17, 15) is 0 Å².